The molecule has 30 heavy (non-hydrogen) atoms. The van der Waals surface area contributed by atoms with Crippen molar-refractivity contribution in [1.82, 2.24) is 4.90 Å². The molecule has 0 aromatic rings. The Labute approximate surface area is 211 Å². The summed E-state index contributed by atoms with van der Waals surface area (Å²) in [6.07, 6.45) is 28.3. The third kappa shape index (κ3) is 13.4. The van der Waals surface area contributed by atoms with Crippen molar-refractivity contribution in [3.8, 4) is 0 Å². The van der Waals surface area contributed by atoms with Crippen LogP contribution < -0.4 is 17.0 Å². The van der Waals surface area contributed by atoms with Crippen LogP contribution in [0.1, 0.15) is 122 Å². The predicted octanol–water partition coefficient (Wildman–Crippen LogP) is 4.75. The van der Waals surface area contributed by atoms with Gasteiger partial charge in [0.1, 0.15) is 0 Å². The monoisotopic (exact) mass is 552 g/mol. The van der Waals surface area contributed by atoms with Gasteiger partial charge in [-0.15, -0.1) is 17.0 Å². The number of likely N-dealkylation sites (tertiary alicyclic amines) is 1. The lowest BCUT2D eigenvalue weighted by atomic mass is 10.0. The van der Waals surface area contributed by atoms with Gasteiger partial charge in [-0.3, -0.25) is 0 Å². The normalized spacial score (nSPS) is 30.4. The molecule has 3 saturated heterocycles. The number of hydrogen-bond donors (Lipinski definition) is 0. The smallest absolute Gasteiger partial charge is 0.0890 e. The van der Waals surface area contributed by atoms with Gasteiger partial charge in [-0.05, 0) is 58.7 Å². The molecule has 2 atom stereocenters. The Hall–Kier alpha value is 0.880. The van der Waals surface area contributed by atoms with Gasteiger partial charge in [0, 0.05) is 12.8 Å². The Morgan fingerprint density at radius 2 is 0.900 bits per heavy atom. The van der Waals surface area contributed by atoms with Crippen LogP contribution in [0.3, 0.4) is 0 Å². The maximum absolute atomic E-state index is 2.57. The van der Waals surface area contributed by atoms with Crippen molar-refractivity contribution in [3.63, 3.8) is 0 Å². The minimum atomic E-state index is 0. The predicted molar refractivity (Wildman–Crippen MR) is 135 cm³/mol. The molecule has 182 valence electrons. The molecule has 0 N–H and O–H groups in total. The second-order valence-corrected chi connectivity index (χ2v) is 10.5. The second kappa shape index (κ2) is 19.4. The van der Waals surface area contributed by atoms with E-state index in [1.54, 1.807) is 0 Å². The Balaban J connectivity index is 0.000000906. The molecule has 0 aliphatic carbocycles. The van der Waals surface area contributed by atoms with Crippen molar-refractivity contribution in [2.75, 3.05) is 40.3 Å². The molecule has 0 bridgehead atoms. The van der Waals surface area contributed by atoms with Gasteiger partial charge in [0.25, 0.3) is 0 Å². The average molecular weight is 555 g/mol. The molecule has 3 rings (SSSR count). The summed E-state index contributed by atoms with van der Waals surface area (Å²) in [4.78, 5) is 2.36. The van der Waals surface area contributed by atoms with Crippen LogP contribution >= 0.6 is 17.0 Å². The summed E-state index contributed by atoms with van der Waals surface area (Å²) in [7, 11) is 4.74. The van der Waals surface area contributed by atoms with Crippen LogP contribution in [0.15, 0.2) is 0 Å². The fourth-order valence-electron chi connectivity index (χ4n) is 5.78. The SMILES string of the molecule is Br.CN1CCCC1.C[N+]12CCCCCCCCCCCCCCCCC1CCC2.[Br-]. The van der Waals surface area contributed by atoms with E-state index in [-0.39, 0.29) is 34.0 Å². The largest absolute Gasteiger partial charge is 1.00 e. The number of fused-ring (bicyclic) bond motifs is 1. The van der Waals surface area contributed by atoms with Crippen molar-refractivity contribution >= 4 is 17.0 Å². The van der Waals surface area contributed by atoms with Gasteiger partial charge < -0.3 is 26.4 Å². The van der Waals surface area contributed by atoms with Crippen LogP contribution in [-0.2, 0) is 0 Å². The first kappa shape index (κ1) is 30.9. The van der Waals surface area contributed by atoms with Crippen LogP contribution in [0.5, 0.6) is 0 Å². The lowest BCUT2D eigenvalue weighted by Gasteiger charge is -2.36. The van der Waals surface area contributed by atoms with Crippen LogP contribution in [0.2, 0.25) is 0 Å². The molecule has 0 aromatic carbocycles. The Bertz CT molecular complexity index is 374. The van der Waals surface area contributed by atoms with Crippen molar-refractivity contribution in [3.05, 3.63) is 0 Å². The lowest BCUT2D eigenvalue weighted by Crippen LogP contribution is -3.00. The summed E-state index contributed by atoms with van der Waals surface area (Å²) >= 11 is 0. The van der Waals surface area contributed by atoms with E-state index in [9.17, 15) is 0 Å². The van der Waals surface area contributed by atoms with Gasteiger partial charge in [-0.25, -0.2) is 0 Å². The molecule has 4 heteroatoms. The quantitative estimate of drug-likeness (QED) is 0.391. The summed E-state index contributed by atoms with van der Waals surface area (Å²) in [6, 6.07) is 0.999. The van der Waals surface area contributed by atoms with E-state index in [0.717, 1.165) is 6.04 Å². The molecular weight excluding hydrogens is 500 g/mol. The zero-order chi connectivity index (χ0) is 19.9. The third-order valence-corrected chi connectivity index (χ3v) is 7.87. The fourth-order valence-corrected chi connectivity index (χ4v) is 5.78. The van der Waals surface area contributed by atoms with Gasteiger partial charge in [0.15, 0.2) is 0 Å². The summed E-state index contributed by atoms with van der Waals surface area (Å²) in [5.74, 6) is 0. The van der Waals surface area contributed by atoms with E-state index >= 15 is 0 Å². The maximum Gasteiger partial charge on any atom is 0.0890 e. The molecule has 2 nitrogen and oxygen atoms in total. The first-order chi connectivity index (χ1) is 13.7. The first-order valence-corrected chi connectivity index (χ1v) is 13.2. The molecule has 0 amide bonds. The Morgan fingerprint density at radius 3 is 1.33 bits per heavy atom. The van der Waals surface area contributed by atoms with Crippen molar-refractivity contribution in [1.29, 1.82) is 0 Å². The first-order valence-electron chi connectivity index (χ1n) is 13.2. The van der Waals surface area contributed by atoms with Crippen LogP contribution in [-0.4, -0.2) is 55.7 Å². The highest BCUT2D eigenvalue weighted by molar-refractivity contribution is 8.93. The number of quaternary nitrogens is 1. The van der Waals surface area contributed by atoms with Gasteiger partial charge >= 0.3 is 0 Å². The second-order valence-electron chi connectivity index (χ2n) is 10.5. The minimum Gasteiger partial charge on any atom is -1.00 e. The Kier molecular flexibility index (Phi) is 19.9. The lowest BCUT2D eigenvalue weighted by molar-refractivity contribution is -0.921. The van der Waals surface area contributed by atoms with Crippen molar-refractivity contribution in [2.45, 2.75) is 128 Å². The fraction of sp³-hybridized carbons (Fsp3) is 1.00. The van der Waals surface area contributed by atoms with Crippen molar-refractivity contribution < 1.29 is 21.5 Å². The topological polar surface area (TPSA) is 3.24 Å². The molecule has 0 spiro atoms. The van der Waals surface area contributed by atoms with Gasteiger partial charge in [0.05, 0.1) is 26.2 Å². The molecule has 2 unspecified atom stereocenters. The molecule has 3 aliphatic heterocycles. The van der Waals surface area contributed by atoms with Gasteiger partial charge in [-0.2, -0.15) is 0 Å². The van der Waals surface area contributed by atoms with Crippen molar-refractivity contribution in [2.24, 2.45) is 0 Å². The number of hydrogen-bond acceptors (Lipinski definition) is 1. The third-order valence-electron chi connectivity index (χ3n) is 7.87. The van der Waals surface area contributed by atoms with Crippen LogP contribution in [0.4, 0.5) is 0 Å². The Morgan fingerprint density at radius 1 is 0.533 bits per heavy atom. The van der Waals surface area contributed by atoms with Crippen LogP contribution in [0.25, 0.3) is 0 Å². The van der Waals surface area contributed by atoms with E-state index in [4.69, 9.17) is 0 Å². The van der Waals surface area contributed by atoms with E-state index in [0.29, 0.717) is 0 Å². The molecule has 0 saturated carbocycles. The minimum absolute atomic E-state index is 0. The summed E-state index contributed by atoms with van der Waals surface area (Å²) in [5.41, 5.74) is 0. The maximum atomic E-state index is 2.57. The molecule has 0 radical (unpaired) electrons. The standard InChI is InChI=1S/C21H42N.C5H11N.2BrH/c1-22-19-15-13-11-9-7-5-3-2-4-6-8-10-12-14-17-21(22)18-16-20-22;1-6-4-2-3-5-6;;/h21H,2-20H2,1H3;2-5H2,1H3;2*1H/q+1;;;/p-1. The zero-order valence-electron chi connectivity index (χ0n) is 20.5. The summed E-state index contributed by atoms with van der Waals surface area (Å²) < 4.78 is 1.42. The molecule has 3 heterocycles. The van der Waals surface area contributed by atoms with E-state index < -0.39 is 0 Å². The highest BCUT2D eigenvalue weighted by Gasteiger charge is 2.36. The van der Waals surface area contributed by atoms with Crippen LogP contribution in [0, 0.1) is 0 Å². The highest BCUT2D eigenvalue weighted by Crippen LogP contribution is 2.30. The molecular formula is C26H54Br2N2. The zero-order valence-corrected chi connectivity index (χ0v) is 23.8. The number of halogens is 2. The highest BCUT2D eigenvalue weighted by atomic mass is 79.9. The van der Waals surface area contributed by atoms with E-state index in [1.165, 1.54) is 153 Å². The van der Waals surface area contributed by atoms with E-state index in [1.807, 2.05) is 0 Å². The summed E-state index contributed by atoms with van der Waals surface area (Å²) in [5, 5.41) is 0. The number of nitrogens with zero attached hydrogens (tertiary/aromatic N) is 2. The summed E-state index contributed by atoms with van der Waals surface area (Å²) in [6.45, 7) is 5.56. The number of rotatable bonds is 0. The molecule has 3 fully saturated rings. The van der Waals surface area contributed by atoms with E-state index in [2.05, 4.69) is 19.0 Å². The molecule has 0 aromatic heterocycles. The molecule has 3 aliphatic rings. The average Bonchev–Trinajstić information content (AvgIpc) is 3.30. The van der Waals surface area contributed by atoms with Gasteiger partial charge in [0.2, 0.25) is 0 Å². The van der Waals surface area contributed by atoms with Gasteiger partial charge in [-0.1, -0.05) is 70.6 Å².